The van der Waals surface area contributed by atoms with Gasteiger partial charge in [-0.05, 0) is 36.4 Å². The zero-order chi connectivity index (χ0) is 22.6. The lowest BCUT2D eigenvalue weighted by Gasteiger charge is -2.41. The standard InChI is InChI=1S/C27H24N4O2/c32-26(21-9-3-1-4-10-21)29-17-19-30(20-18-29)31(27(33)22-11-5-2-6-12-22)25-15-16-28-24-14-8-7-13-23(24)25/h1-16H,17-20H2. The van der Waals surface area contributed by atoms with E-state index in [1.165, 1.54) is 0 Å². The van der Waals surface area contributed by atoms with Crippen LogP contribution in [0.5, 0.6) is 0 Å². The molecular formula is C27H24N4O2. The Morgan fingerprint density at radius 3 is 2.00 bits per heavy atom. The summed E-state index contributed by atoms with van der Waals surface area (Å²) in [6, 6.07) is 28.3. The fourth-order valence-electron chi connectivity index (χ4n) is 4.22. The third kappa shape index (κ3) is 4.21. The second-order valence-corrected chi connectivity index (χ2v) is 7.94. The molecule has 6 heteroatoms. The minimum absolute atomic E-state index is 0.0190. The molecule has 1 aliphatic rings. The second-order valence-electron chi connectivity index (χ2n) is 7.94. The fourth-order valence-corrected chi connectivity index (χ4v) is 4.22. The molecule has 0 N–H and O–H groups in total. The number of amides is 2. The third-order valence-corrected chi connectivity index (χ3v) is 5.91. The number of pyridine rings is 1. The van der Waals surface area contributed by atoms with Crippen LogP contribution < -0.4 is 5.01 Å². The Balaban J connectivity index is 1.46. The molecule has 0 saturated carbocycles. The van der Waals surface area contributed by atoms with E-state index >= 15 is 0 Å². The monoisotopic (exact) mass is 436 g/mol. The quantitative estimate of drug-likeness (QED) is 0.480. The summed E-state index contributed by atoms with van der Waals surface area (Å²) < 4.78 is 0. The van der Waals surface area contributed by atoms with Gasteiger partial charge in [0, 0.05) is 48.9 Å². The minimum atomic E-state index is -0.102. The van der Waals surface area contributed by atoms with E-state index in [4.69, 9.17) is 0 Å². The van der Waals surface area contributed by atoms with Crippen LogP contribution in [0.4, 0.5) is 5.69 Å². The Morgan fingerprint density at radius 1 is 0.697 bits per heavy atom. The van der Waals surface area contributed by atoms with Crippen molar-refractivity contribution in [2.45, 2.75) is 0 Å². The van der Waals surface area contributed by atoms with Gasteiger partial charge in [-0.15, -0.1) is 0 Å². The van der Waals surface area contributed by atoms with Crippen molar-refractivity contribution in [2.75, 3.05) is 31.2 Å². The summed E-state index contributed by atoms with van der Waals surface area (Å²) >= 11 is 0. The van der Waals surface area contributed by atoms with Gasteiger partial charge < -0.3 is 4.90 Å². The van der Waals surface area contributed by atoms with Gasteiger partial charge in [0.15, 0.2) is 0 Å². The molecule has 4 aromatic rings. The van der Waals surface area contributed by atoms with Crippen LogP contribution in [-0.2, 0) is 0 Å². The maximum Gasteiger partial charge on any atom is 0.272 e. The van der Waals surface area contributed by atoms with Gasteiger partial charge in [0.2, 0.25) is 0 Å². The number of hydrogen-bond acceptors (Lipinski definition) is 4. The van der Waals surface area contributed by atoms with Crippen LogP contribution >= 0.6 is 0 Å². The third-order valence-electron chi connectivity index (χ3n) is 5.91. The number of para-hydroxylation sites is 1. The smallest absolute Gasteiger partial charge is 0.272 e. The van der Waals surface area contributed by atoms with Crippen LogP contribution in [0, 0.1) is 0 Å². The number of fused-ring (bicyclic) bond motifs is 1. The predicted octanol–water partition coefficient (Wildman–Crippen LogP) is 4.25. The predicted molar refractivity (Wildman–Crippen MR) is 129 cm³/mol. The maximum atomic E-state index is 13.7. The number of anilines is 1. The lowest BCUT2D eigenvalue weighted by atomic mass is 10.1. The van der Waals surface area contributed by atoms with E-state index in [1.807, 2.05) is 101 Å². The van der Waals surface area contributed by atoms with Crippen molar-refractivity contribution in [3.8, 4) is 0 Å². The molecule has 6 nitrogen and oxygen atoms in total. The van der Waals surface area contributed by atoms with Crippen LogP contribution in [0.25, 0.3) is 10.9 Å². The molecule has 1 fully saturated rings. The fraction of sp³-hybridized carbons (Fsp3) is 0.148. The van der Waals surface area contributed by atoms with Gasteiger partial charge >= 0.3 is 0 Å². The molecule has 5 rings (SSSR count). The number of carbonyl (C=O) groups is 2. The Hall–Kier alpha value is -4.03. The Labute approximate surface area is 192 Å². The zero-order valence-electron chi connectivity index (χ0n) is 18.2. The summed E-state index contributed by atoms with van der Waals surface area (Å²) in [6.07, 6.45) is 1.73. The average molecular weight is 437 g/mol. The van der Waals surface area contributed by atoms with Crippen molar-refractivity contribution in [3.63, 3.8) is 0 Å². The van der Waals surface area contributed by atoms with Gasteiger partial charge in [-0.1, -0.05) is 54.6 Å². The minimum Gasteiger partial charge on any atom is -0.336 e. The van der Waals surface area contributed by atoms with Crippen LogP contribution in [0.3, 0.4) is 0 Å². The van der Waals surface area contributed by atoms with E-state index in [2.05, 4.69) is 4.98 Å². The van der Waals surface area contributed by atoms with Crippen LogP contribution in [0.1, 0.15) is 20.7 Å². The summed E-state index contributed by atoms with van der Waals surface area (Å²) in [4.78, 5) is 32.9. The van der Waals surface area contributed by atoms with Crippen molar-refractivity contribution in [1.82, 2.24) is 14.9 Å². The van der Waals surface area contributed by atoms with Gasteiger partial charge in [-0.2, -0.15) is 0 Å². The molecule has 164 valence electrons. The first-order chi connectivity index (χ1) is 16.2. The topological polar surface area (TPSA) is 56.8 Å². The van der Waals surface area contributed by atoms with Crippen LogP contribution in [0.15, 0.2) is 97.2 Å². The normalized spacial score (nSPS) is 14.2. The molecule has 0 bridgehead atoms. The highest BCUT2D eigenvalue weighted by molar-refractivity contribution is 6.09. The number of carbonyl (C=O) groups excluding carboxylic acids is 2. The van der Waals surface area contributed by atoms with Gasteiger partial charge in [0.05, 0.1) is 11.2 Å². The molecule has 33 heavy (non-hydrogen) atoms. The average Bonchev–Trinajstić information content (AvgIpc) is 2.90. The van der Waals surface area contributed by atoms with Crippen molar-refractivity contribution in [2.24, 2.45) is 0 Å². The van der Waals surface area contributed by atoms with E-state index in [9.17, 15) is 9.59 Å². The second kappa shape index (κ2) is 9.22. The molecule has 1 aromatic heterocycles. The first kappa shape index (κ1) is 20.8. The van der Waals surface area contributed by atoms with Crippen LogP contribution in [0.2, 0.25) is 0 Å². The molecule has 0 unspecified atom stereocenters. The number of nitrogens with zero attached hydrogens (tertiary/aromatic N) is 4. The summed E-state index contributed by atoms with van der Waals surface area (Å²) in [6.45, 7) is 2.17. The number of benzene rings is 3. The number of aromatic nitrogens is 1. The van der Waals surface area contributed by atoms with Crippen molar-refractivity contribution < 1.29 is 9.59 Å². The Bertz CT molecular complexity index is 1260. The molecule has 1 aliphatic heterocycles. The molecule has 1 saturated heterocycles. The lowest BCUT2D eigenvalue weighted by molar-refractivity contribution is 0.0597. The molecule has 0 radical (unpaired) electrons. The Kier molecular flexibility index (Phi) is 5.83. The van der Waals surface area contributed by atoms with E-state index < -0.39 is 0 Å². The van der Waals surface area contributed by atoms with Gasteiger partial charge in [0.25, 0.3) is 11.8 Å². The van der Waals surface area contributed by atoms with E-state index in [1.54, 1.807) is 11.2 Å². The molecule has 0 aliphatic carbocycles. The first-order valence-corrected chi connectivity index (χ1v) is 11.0. The first-order valence-electron chi connectivity index (χ1n) is 11.0. The summed E-state index contributed by atoms with van der Waals surface area (Å²) in [5, 5.41) is 4.70. The van der Waals surface area contributed by atoms with E-state index in [0.717, 1.165) is 16.6 Å². The summed E-state index contributed by atoms with van der Waals surface area (Å²) in [7, 11) is 0. The largest absolute Gasteiger partial charge is 0.336 e. The molecule has 2 heterocycles. The number of hydrogen-bond donors (Lipinski definition) is 0. The number of piperazine rings is 1. The van der Waals surface area contributed by atoms with E-state index in [0.29, 0.717) is 37.3 Å². The molecule has 2 amide bonds. The SMILES string of the molecule is O=C(c1ccccc1)N1CCN(N(C(=O)c2ccccc2)c2ccnc3ccccc23)CC1. The van der Waals surface area contributed by atoms with Crippen molar-refractivity contribution >= 4 is 28.4 Å². The highest BCUT2D eigenvalue weighted by Gasteiger charge is 2.30. The van der Waals surface area contributed by atoms with Crippen molar-refractivity contribution in [1.29, 1.82) is 0 Å². The van der Waals surface area contributed by atoms with Crippen LogP contribution in [-0.4, -0.2) is 52.9 Å². The molecule has 3 aromatic carbocycles. The molecular weight excluding hydrogens is 412 g/mol. The summed E-state index contributed by atoms with van der Waals surface area (Å²) in [5.74, 6) is -0.0830. The number of hydrazine groups is 1. The van der Waals surface area contributed by atoms with Crippen molar-refractivity contribution in [3.05, 3.63) is 108 Å². The molecule has 0 atom stereocenters. The van der Waals surface area contributed by atoms with E-state index in [-0.39, 0.29) is 11.8 Å². The highest BCUT2D eigenvalue weighted by atomic mass is 16.2. The van der Waals surface area contributed by atoms with Gasteiger partial charge in [0.1, 0.15) is 0 Å². The summed E-state index contributed by atoms with van der Waals surface area (Å²) in [5.41, 5.74) is 2.92. The van der Waals surface area contributed by atoms with Gasteiger partial charge in [-0.3, -0.25) is 14.6 Å². The highest BCUT2D eigenvalue weighted by Crippen LogP contribution is 2.28. The molecule has 0 spiro atoms. The Morgan fingerprint density at radius 2 is 1.30 bits per heavy atom. The lowest BCUT2D eigenvalue weighted by Crippen LogP contribution is -2.57. The number of rotatable bonds is 4. The zero-order valence-corrected chi connectivity index (χ0v) is 18.2. The van der Waals surface area contributed by atoms with Gasteiger partial charge in [-0.25, -0.2) is 10.0 Å². The maximum absolute atomic E-state index is 13.7.